The Balaban J connectivity index is 1.72. The molecular weight excluding hydrogens is 332 g/mol. The second kappa shape index (κ2) is 6.19. The number of para-hydroxylation sites is 1. The summed E-state index contributed by atoms with van der Waals surface area (Å²) >= 11 is 0. The molecule has 0 radical (unpaired) electrons. The van der Waals surface area contributed by atoms with Gasteiger partial charge in [0.2, 0.25) is 0 Å². The van der Waals surface area contributed by atoms with Gasteiger partial charge in [-0.2, -0.15) is 0 Å². The Labute approximate surface area is 149 Å². The van der Waals surface area contributed by atoms with Gasteiger partial charge in [-0.15, -0.1) is 0 Å². The summed E-state index contributed by atoms with van der Waals surface area (Å²) in [5, 5.41) is 0.679. The highest BCUT2D eigenvalue weighted by Crippen LogP contribution is 2.40. The quantitative estimate of drug-likeness (QED) is 0.410. The Morgan fingerprint density at radius 3 is 2.50 bits per heavy atom. The van der Waals surface area contributed by atoms with Gasteiger partial charge >= 0.3 is 11.6 Å². The third-order valence-electron chi connectivity index (χ3n) is 4.45. The van der Waals surface area contributed by atoms with E-state index in [-0.39, 0.29) is 6.61 Å². The smallest absolute Gasteiger partial charge is 0.339 e. The lowest BCUT2D eigenvalue weighted by Gasteiger charge is -2.28. The summed E-state index contributed by atoms with van der Waals surface area (Å²) in [6.07, 6.45) is 0.329. The summed E-state index contributed by atoms with van der Waals surface area (Å²) in [6.45, 7) is 3.84. The fraction of sp³-hybridized carbons (Fsp3) is 0.143. The van der Waals surface area contributed by atoms with Gasteiger partial charge in [-0.3, -0.25) is 0 Å². The van der Waals surface area contributed by atoms with E-state index >= 15 is 0 Å². The lowest BCUT2D eigenvalue weighted by molar-refractivity contribution is -0.150. The van der Waals surface area contributed by atoms with Crippen molar-refractivity contribution >= 4 is 16.9 Å². The number of benzene rings is 2. The average molecular weight is 348 g/mol. The van der Waals surface area contributed by atoms with Gasteiger partial charge in [0.25, 0.3) is 0 Å². The minimum absolute atomic E-state index is 0.0647. The largest absolute Gasteiger partial charge is 0.488 e. The monoisotopic (exact) mass is 348 g/mol. The molecule has 4 rings (SSSR count). The highest BCUT2D eigenvalue weighted by atomic mass is 16.6. The molecule has 1 aliphatic rings. The second-order valence-electron chi connectivity index (χ2n) is 6.24. The fourth-order valence-corrected chi connectivity index (χ4v) is 3.16. The number of rotatable bonds is 4. The zero-order valence-electron chi connectivity index (χ0n) is 13.9. The Hall–Kier alpha value is -3.34. The van der Waals surface area contributed by atoms with Crippen LogP contribution in [0.3, 0.4) is 0 Å². The molecule has 5 nitrogen and oxygen atoms in total. The van der Waals surface area contributed by atoms with Gasteiger partial charge in [0.1, 0.15) is 17.9 Å². The van der Waals surface area contributed by atoms with E-state index in [9.17, 15) is 9.59 Å². The van der Waals surface area contributed by atoms with Crippen molar-refractivity contribution < 1.29 is 18.7 Å². The van der Waals surface area contributed by atoms with Crippen LogP contribution in [0.15, 0.2) is 82.0 Å². The van der Waals surface area contributed by atoms with Gasteiger partial charge in [0.05, 0.1) is 11.5 Å². The molecule has 1 atom stereocenters. The first-order valence-corrected chi connectivity index (χ1v) is 8.20. The minimum Gasteiger partial charge on any atom is -0.488 e. The lowest BCUT2D eigenvalue weighted by atomic mass is 9.90. The maximum atomic E-state index is 12.0. The van der Waals surface area contributed by atoms with Crippen LogP contribution >= 0.6 is 0 Å². The molecule has 1 aliphatic heterocycles. The third-order valence-corrected chi connectivity index (χ3v) is 4.45. The number of cyclic esters (lactones) is 1. The second-order valence-corrected chi connectivity index (χ2v) is 6.24. The van der Waals surface area contributed by atoms with Crippen molar-refractivity contribution in [3.05, 3.63) is 88.8 Å². The maximum absolute atomic E-state index is 12.0. The van der Waals surface area contributed by atoms with Crippen molar-refractivity contribution in [3.63, 3.8) is 0 Å². The topological polar surface area (TPSA) is 65.7 Å². The first-order chi connectivity index (χ1) is 12.6. The van der Waals surface area contributed by atoms with Gasteiger partial charge in [-0.25, -0.2) is 9.59 Å². The molecule has 1 fully saturated rings. The number of hydrogen-bond acceptors (Lipinski definition) is 5. The van der Waals surface area contributed by atoms with Crippen LogP contribution in [0.25, 0.3) is 11.0 Å². The zero-order chi connectivity index (χ0) is 18.1. The molecule has 26 heavy (non-hydrogen) atoms. The number of ether oxygens (including phenoxy) is 2. The van der Waals surface area contributed by atoms with Crippen molar-refractivity contribution in [1.82, 2.24) is 0 Å². The molecule has 3 aromatic rings. The van der Waals surface area contributed by atoms with Gasteiger partial charge in [0.15, 0.2) is 5.60 Å². The maximum Gasteiger partial charge on any atom is 0.339 e. The van der Waals surface area contributed by atoms with Crippen LogP contribution in [0, 0.1) is 0 Å². The Morgan fingerprint density at radius 2 is 1.77 bits per heavy atom. The number of hydrogen-bond donors (Lipinski definition) is 0. The molecular formula is C21H16O5. The SMILES string of the molecule is C=C1C[C@@](COc2cc(=O)oc3ccccc23)(c2ccccc2)OC1=O. The molecule has 130 valence electrons. The van der Waals surface area contributed by atoms with Crippen molar-refractivity contribution in [2.75, 3.05) is 6.61 Å². The van der Waals surface area contributed by atoms with Crippen LogP contribution in [0.5, 0.6) is 5.75 Å². The highest BCUT2D eigenvalue weighted by Gasteiger charge is 2.45. The Kier molecular flexibility index (Phi) is 3.84. The number of fused-ring (bicyclic) bond motifs is 1. The number of carbonyl (C=O) groups excluding carboxylic acids is 1. The third kappa shape index (κ3) is 2.77. The van der Waals surface area contributed by atoms with Gasteiger partial charge < -0.3 is 13.9 Å². The summed E-state index contributed by atoms with van der Waals surface area (Å²) in [4.78, 5) is 23.8. The van der Waals surface area contributed by atoms with E-state index in [0.717, 1.165) is 5.56 Å². The molecule has 2 heterocycles. The molecule has 1 aromatic heterocycles. The van der Waals surface area contributed by atoms with Gasteiger partial charge in [-0.05, 0) is 17.7 Å². The number of carbonyl (C=O) groups is 1. The molecule has 0 spiro atoms. The van der Waals surface area contributed by atoms with E-state index in [0.29, 0.717) is 28.7 Å². The van der Waals surface area contributed by atoms with E-state index in [4.69, 9.17) is 13.9 Å². The van der Waals surface area contributed by atoms with Crippen LogP contribution in [-0.2, 0) is 15.1 Å². The standard InChI is InChI=1S/C21H16O5/c1-14-12-21(26-20(14)23,15-7-3-2-4-8-15)13-24-18-11-19(22)25-17-10-6-5-9-16(17)18/h2-11H,1,12-13H2/t21-/m1/s1. The van der Waals surface area contributed by atoms with Crippen LogP contribution in [0.4, 0.5) is 0 Å². The summed E-state index contributed by atoms with van der Waals surface area (Å²) in [5.41, 5.74) is 0.193. The van der Waals surface area contributed by atoms with E-state index in [1.54, 1.807) is 12.1 Å². The predicted octanol–water partition coefficient (Wildman–Crippen LogP) is 3.57. The predicted molar refractivity (Wildman–Crippen MR) is 95.9 cm³/mol. The summed E-state index contributed by atoms with van der Waals surface area (Å²) in [7, 11) is 0. The normalized spacial score (nSPS) is 19.5. The van der Waals surface area contributed by atoms with E-state index in [1.807, 2.05) is 42.5 Å². The van der Waals surface area contributed by atoms with Crippen LogP contribution in [0.1, 0.15) is 12.0 Å². The van der Waals surface area contributed by atoms with E-state index in [1.165, 1.54) is 6.07 Å². The summed E-state index contributed by atoms with van der Waals surface area (Å²) in [6, 6.07) is 17.8. The van der Waals surface area contributed by atoms with Crippen molar-refractivity contribution in [2.24, 2.45) is 0 Å². The van der Waals surface area contributed by atoms with Gasteiger partial charge in [-0.1, -0.05) is 49.0 Å². The van der Waals surface area contributed by atoms with Crippen molar-refractivity contribution in [1.29, 1.82) is 0 Å². The molecule has 1 saturated heterocycles. The molecule has 2 aromatic carbocycles. The van der Waals surface area contributed by atoms with E-state index < -0.39 is 17.2 Å². The Morgan fingerprint density at radius 1 is 1.04 bits per heavy atom. The average Bonchev–Trinajstić information content (AvgIpc) is 2.95. The first kappa shape index (κ1) is 16.1. The van der Waals surface area contributed by atoms with Crippen LogP contribution in [-0.4, -0.2) is 12.6 Å². The first-order valence-electron chi connectivity index (χ1n) is 8.20. The molecule has 0 N–H and O–H groups in total. The zero-order valence-corrected chi connectivity index (χ0v) is 13.9. The molecule has 5 heteroatoms. The number of esters is 1. The molecule has 0 bridgehead atoms. The Bertz CT molecular complexity index is 1030. The fourth-order valence-electron chi connectivity index (χ4n) is 3.16. The molecule has 0 saturated carbocycles. The minimum atomic E-state index is -0.966. The lowest BCUT2D eigenvalue weighted by Crippen LogP contribution is -2.33. The summed E-state index contributed by atoms with van der Waals surface area (Å²) in [5.74, 6) is -0.0457. The van der Waals surface area contributed by atoms with Crippen molar-refractivity contribution in [2.45, 2.75) is 12.0 Å². The summed E-state index contributed by atoms with van der Waals surface area (Å²) < 4.78 is 16.8. The highest BCUT2D eigenvalue weighted by molar-refractivity contribution is 5.90. The van der Waals surface area contributed by atoms with Crippen molar-refractivity contribution in [3.8, 4) is 5.75 Å². The molecule has 0 unspecified atom stereocenters. The van der Waals surface area contributed by atoms with E-state index in [2.05, 4.69) is 6.58 Å². The van der Waals surface area contributed by atoms with Gasteiger partial charge in [0, 0.05) is 12.0 Å². The van der Waals surface area contributed by atoms with Crippen LogP contribution < -0.4 is 10.4 Å². The molecule has 0 aliphatic carbocycles. The van der Waals surface area contributed by atoms with Crippen LogP contribution in [0.2, 0.25) is 0 Å². The molecule has 0 amide bonds.